The number of rotatable bonds is 4. The summed E-state index contributed by atoms with van der Waals surface area (Å²) in [6.07, 6.45) is 0. The van der Waals surface area contributed by atoms with Crippen LogP contribution in [0.25, 0.3) is 0 Å². The lowest BCUT2D eigenvalue weighted by atomic mass is 9.95. The van der Waals surface area contributed by atoms with Crippen LogP contribution < -0.4 is 10.5 Å². The Morgan fingerprint density at radius 2 is 1.88 bits per heavy atom. The van der Waals surface area contributed by atoms with E-state index in [1.54, 1.807) is 0 Å². The van der Waals surface area contributed by atoms with Crippen LogP contribution in [0.3, 0.4) is 0 Å². The van der Waals surface area contributed by atoms with E-state index in [2.05, 4.69) is 0 Å². The summed E-state index contributed by atoms with van der Waals surface area (Å²) in [5.41, 5.74) is 7.12. The van der Waals surface area contributed by atoms with E-state index in [4.69, 9.17) is 10.5 Å². The van der Waals surface area contributed by atoms with Crippen molar-refractivity contribution in [3.05, 3.63) is 59.9 Å². The Morgan fingerprint density at radius 3 is 2.50 bits per heavy atom. The van der Waals surface area contributed by atoms with Crippen LogP contribution in [0.1, 0.15) is 11.5 Å². The van der Waals surface area contributed by atoms with E-state index in [0.29, 0.717) is 0 Å². The topological polar surface area (TPSA) is 72.6 Å². The Labute approximate surface area is 140 Å². The largest absolute Gasteiger partial charge is 0.497 e. The SMILES string of the molecule is COc1ccc(S(=O)(=O)N2C[C@@H](N)[C@H](c3ccccc3)C2)c(F)c1. The zero-order chi connectivity index (χ0) is 17.3. The summed E-state index contributed by atoms with van der Waals surface area (Å²) in [5, 5.41) is 0. The van der Waals surface area contributed by atoms with E-state index < -0.39 is 15.8 Å². The molecule has 0 bridgehead atoms. The number of sulfonamides is 1. The van der Waals surface area contributed by atoms with Crippen LogP contribution in [0.15, 0.2) is 53.4 Å². The van der Waals surface area contributed by atoms with Gasteiger partial charge in [0.1, 0.15) is 16.5 Å². The molecule has 0 spiro atoms. The van der Waals surface area contributed by atoms with Crippen molar-refractivity contribution in [1.82, 2.24) is 4.31 Å². The highest BCUT2D eigenvalue weighted by Gasteiger charge is 2.39. The van der Waals surface area contributed by atoms with Gasteiger partial charge in [0.25, 0.3) is 0 Å². The van der Waals surface area contributed by atoms with Crippen molar-refractivity contribution >= 4 is 10.0 Å². The first-order chi connectivity index (χ1) is 11.4. The molecule has 0 aromatic heterocycles. The zero-order valence-corrected chi connectivity index (χ0v) is 14.0. The normalized spacial score (nSPS) is 21.8. The molecule has 0 saturated carbocycles. The summed E-state index contributed by atoms with van der Waals surface area (Å²) < 4.78 is 45.9. The summed E-state index contributed by atoms with van der Waals surface area (Å²) in [6, 6.07) is 12.9. The second-order valence-corrected chi connectivity index (χ2v) is 7.71. The molecule has 2 aromatic rings. The van der Waals surface area contributed by atoms with Crippen LogP contribution in [0.4, 0.5) is 4.39 Å². The van der Waals surface area contributed by atoms with Crippen LogP contribution in [0.2, 0.25) is 0 Å². The molecule has 5 nitrogen and oxygen atoms in total. The fourth-order valence-electron chi connectivity index (χ4n) is 3.00. The van der Waals surface area contributed by atoms with Crippen molar-refractivity contribution < 1.29 is 17.5 Å². The standard InChI is InChI=1S/C17H19FN2O3S/c1-23-13-7-8-17(15(18)9-13)24(21,22)20-10-14(16(19)11-20)12-5-3-2-4-6-12/h2-9,14,16H,10-11,19H2,1H3/t14-,16+/m0/s1. The first kappa shape index (κ1) is 16.9. The molecule has 1 fully saturated rings. The number of methoxy groups -OCH3 is 1. The monoisotopic (exact) mass is 350 g/mol. The maximum Gasteiger partial charge on any atom is 0.246 e. The third-order valence-corrected chi connectivity index (χ3v) is 6.18. The fourth-order valence-corrected chi connectivity index (χ4v) is 4.55. The van der Waals surface area contributed by atoms with Gasteiger partial charge in [0, 0.05) is 31.1 Å². The lowest BCUT2D eigenvalue weighted by Gasteiger charge is -2.17. The van der Waals surface area contributed by atoms with Gasteiger partial charge in [-0.15, -0.1) is 0 Å². The molecule has 2 atom stereocenters. The number of ether oxygens (including phenoxy) is 1. The zero-order valence-electron chi connectivity index (χ0n) is 13.2. The van der Waals surface area contributed by atoms with Crippen LogP contribution >= 0.6 is 0 Å². The molecule has 24 heavy (non-hydrogen) atoms. The van der Waals surface area contributed by atoms with Gasteiger partial charge in [-0.3, -0.25) is 0 Å². The van der Waals surface area contributed by atoms with E-state index in [-0.39, 0.29) is 35.7 Å². The predicted molar refractivity (Wildman–Crippen MR) is 88.9 cm³/mol. The number of hydrogen-bond acceptors (Lipinski definition) is 4. The fraction of sp³-hybridized carbons (Fsp3) is 0.294. The maximum atomic E-state index is 14.2. The third kappa shape index (κ3) is 3.02. The van der Waals surface area contributed by atoms with Crippen molar-refractivity contribution in [2.75, 3.05) is 20.2 Å². The molecular formula is C17H19FN2O3S. The van der Waals surface area contributed by atoms with Crippen molar-refractivity contribution in [2.24, 2.45) is 5.73 Å². The number of benzene rings is 2. The first-order valence-corrected chi connectivity index (χ1v) is 9.01. The lowest BCUT2D eigenvalue weighted by molar-refractivity contribution is 0.409. The third-order valence-electron chi connectivity index (χ3n) is 4.32. The minimum Gasteiger partial charge on any atom is -0.497 e. The van der Waals surface area contributed by atoms with E-state index in [9.17, 15) is 12.8 Å². The highest BCUT2D eigenvalue weighted by Crippen LogP contribution is 2.31. The van der Waals surface area contributed by atoms with E-state index in [0.717, 1.165) is 11.6 Å². The van der Waals surface area contributed by atoms with Crippen LogP contribution in [-0.2, 0) is 10.0 Å². The Kier molecular flexibility index (Phi) is 4.58. The molecule has 1 aliphatic heterocycles. The van der Waals surface area contributed by atoms with Crippen molar-refractivity contribution in [1.29, 1.82) is 0 Å². The lowest BCUT2D eigenvalue weighted by Crippen LogP contribution is -2.32. The minimum atomic E-state index is -3.95. The van der Waals surface area contributed by atoms with Gasteiger partial charge in [-0.2, -0.15) is 4.31 Å². The second kappa shape index (κ2) is 6.51. The Balaban J connectivity index is 1.89. The summed E-state index contributed by atoms with van der Waals surface area (Å²) in [7, 11) is -2.55. The Bertz CT molecular complexity index is 827. The average molecular weight is 350 g/mol. The summed E-state index contributed by atoms with van der Waals surface area (Å²) in [6.45, 7) is 0.395. The number of nitrogens with zero attached hydrogens (tertiary/aromatic N) is 1. The first-order valence-electron chi connectivity index (χ1n) is 7.57. The minimum absolute atomic E-state index is 0.109. The molecule has 3 rings (SSSR count). The van der Waals surface area contributed by atoms with E-state index in [1.165, 1.54) is 23.5 Å². The van der Waals surface area contributed by atoms with Crippen LogP contribution in [0, 0.1) is 5.82 Å². The maximum absolute atomic E-state index is 14.2. The molecule has 0 radical (unpaired) electrons. The van der Waals surface area contributed by atoms with Gasteiger partial charge < -0.3 is 10.5 Å². The second-order valence-electron chi connectivity index (χ2n) is 5.80. The molecule has 7 heteroatoms. The van der Waals surface area contributed by atoms with Gasteiger partial charge in [-0.05, 0) is 17.7 Å². The molecule has 128 valence electrons. The molecule has 2 N–H and O–H groups in total. The summed E-state index contributed by atoms with van der Waals surface area (Å²) >= 11 is 0. The highest BCUT2D eigenvalue weighted by molar-refractivity contribution is 7.89. The molecule has 2 aromatic carbocycles. The number of hydrogen-bond donors (Lipinski definition) is 1. The van der Waals surface area contributed by atoms with Gasteiger partial charge in [0.15, 0.2) is 0 Å². The van der Waals surface area contributed by atoms with Gasteiger partial charge >= 0.3 is 0 Å². The van der Waals surface area contributed by atoms with Crippen molar-refractivity contribution in [3.63, 3.8) is 0 Å². The molecular weight excluding hydrogens is 331 g/mol. The van der Waals surface area contributed by atoms with Gasteiger partial charge in [-0.1, -0.05) is 30.3 Å². The van der Waals surface area contributed by atoms with E-state index >= 15 is 0 Å². The highest BCUT2D eigenvalue weighted by atomic mass is 32.2. The van der Waals surface area contributed by atoms with Crippen LogP contribution in [0.5, 0.6) is 5.75 Å². The predicted octanol–water partition coefficient (Wildman–Crippen LogP) is 1.95. The average Bonchev–Trinajstić information content (AvgIpc) is 2.98. The molecule has 1 heterocycles. The van der Waals surface area contributed by atoms with Crippen LogP contribution in [-0.4, -0.2) is 39.0 Å². The summed E-state index contributed by atoms with van der Waals surface area (Å²) in [4.78, 5) is -0.357. The van der Waals surface area contributed by atoms with Gasteiger partial charge in [0.2, 0.25) is 10.0 Å². The Hall–Kier alpha value is -1.96. The van der Waals surface area contributed by atoms with Crippen molar-refractivity contribution in [3.8, 4) is 5.75 Å². The van der Waals surface area contributed by atoms with Crippen molar-refractivity contribution in [2.45, 2.75) is 16.9 Å². The summed E-state index contributed by atoms with van der Waals surface area (Å²) in [5.74, 6) is -0.667. The molecule has 0 amide bonds. The van der Waals surface area contributed by atoms with Gasteiger partial charge in [-0.25, -0.2) is 12.8 Å². The number of halogens is 1. The molecule has 0 unspecified atom stereocenters. The molecule has 0 aliphatic carbocycles. The van der Waals surface area contributed by atoms with E-state index in [1.807, 2.05) is 30.3 Å². The number of nitrogens with two attached hydrogens (primary N) is 1. The smallest absolute Gasteiger partial charge is 0.246 e. The molecule has 1 saturated heterocycles. The quantitative estimate of drug-likeness (QED) is 0.915. The Morgan fingerprint density at radius 1 is 1.17 bits per heavy atom. The van der Waals surface area contributed by atoms with Gasteiger partial charge in [0.05, 0.1) is 7.11 Å². The molecule has 1 aliphatic rings.